The van der Waals surface area contributed by atoms with E-state index in [0.717, 1.165) is 54.9 Å². The number of hydrogen-bond donors (Lipinski definition) is 1. The number of hydrogen-bond acceptors (Lipinski definition) is 7. The first-order chi connectivity index (χ1) is 16.7. The van der Waals surface area contributed by atoms with Crippen molar-refractivity contribution in [3.8, 4) is 5.75 Å². The zero-order valence-electron chi connectivity index (χ0n) is 18.9. The summed E-state index contributed by atoms with van der Waals surface area (Å²) in [6.07, 6.45) is 6.94. The first-order valence-electron chi connectivity index (χ1n) is 11.9. The quantitative estimate of drug-likeness (QED) is 0.618. The van der Waals surface area contributed by atoms with Gasteiger partial charge in [-0.3, -0.25) is 9.20 Å². The molecule has 0 unspecified atom stereocenters. The van der Waals surface area contributed by atoms with Crippen LogP contribution >= 0.6 is 0 Å². The predicted octanol–water partition coefficient (Wildman–Crippen LogP) is 2.55. The van der Waals surface area contributed by atoms with Crippen LogP contribution in [0, 0.1) is 11.7 Å². The van der Waals surface area contributed by atoms with Gasteiger partial charge >= 0.3 is 0 Å². The summed E-state index contributed by atoms with van der Waals surface area (Å²) in [5, 5.41) is 11.7. The molecule has 0 radical (unpaired) electrons. The first-order valence-corrected chi connectivity index (χ1v) is 11.9. The Morgan fingerprint density at radius 3 is 3.00 bits per heavy atom. The third-order valence-electron chi connectivity index (χ3n) is 7.19. The number of amides is 1. The molecular weight excluding hydrogens is 439 g/mol. The lowest BCUT2D eigenvalue weighted by molar-refractivity contribution is -0.149. The standard InChI is InChI=1S/C24H27FN6O3/c25-20-3-4-21-17(6-9-34-21)19(20)11-27-24-26-10-18(22-29-28-14-31(22)24)15-2-1-7-30(8-5-15)23(32)16-12-33-13-16/h3-4,10,14-16H,1-2,5-9,11-13H2,(H,26,27)/t15-/m0/s1. The molecule has 0 saturated carbocycles. The number of likely N-dealkylation sites (tertiary alicyclic amines) is 1. The molecule has 10 heteroatoms. The molecule has 0 bridgehead atoms. The Labute approximate surface area is 196 Å². The van der Waals surface area contributed by atoms with E-state index in [1.165, 1.54) is 6.07 Å². The SMILES string of the molecule is O=C(C1COC1)N1CCC[C@H](c2cnc(NCc3c(F)ccc4c3CCO4)n3cnnc23)CC1. The topological polar surface area (TPSA) is 93.9 Å². The van der Waals surface area contributed by atoms with Crippen LogP contribution in [-0.2, 0) is 22.5 Å². The molecule has 3 aliphatic heterocycles. The highest BCUT2D eigenvalue weighted by Gasteiger charge is 2.32. The summed E-state index contributed by atoms with van der Waals surface area (Å²) < 4.78 is 27.1. The summed E-state index contributed by atoms with van der Waals surface area (Å²) in [6, 6.07) is 3.14. The number of fused-ring (bicyclic) bond motifs is 2. The largest absolute Gasteiger partial charge is 0.493 e. The van der Waals surface area contributed by atoms with Gasteiger partial charge in [0.2, 0.25) is 11.9 Å². The van der Waals surface area contributed by atoms with Crippen LogP contribution < -0.4 is 10.1 Å². The van der Waals surface area contributed by atoms with E-state index in [4.69, 9.17) is 9.47 Å². The number of rotatable bonds is 5. The molecule has 2 saturated heterocycles. The van der Waals surface area contributed by atoms with Crippen LogP contribution in [0.3, 0.4) is 0 Å². The van der Waals surface area contributed by atoms with Crippen molar-refractivity contribution in [1.29, 1.82) is 0 Å². The highest BCUT2D eigenvalue weighted by atomic mass is 19.1. The zero-order valence-corrected chi connectivity index (χ0v) is 18.9. The maximum Gasteiger partial charge on any atom is 0.230 e. The molecule has 1 N–H and O–H groups in total. The molecule has 0 aliphatic carbocycles. The summed E-state index contributed by atoms with van der Waals surface area (Å²) in [4.78, 5) is 19.3. The molecule has 2 aromatic heterocycles. The van der Waals surface area contributed by atoms with Gasteiger partial charge in [-0.05, 0) is 37.3 Å². The van der Waals surface area contributed by atoms with Crippen LogP contribution in [0.25, 0.3) is 5.65 Å². The molecule has 3 aliphatic rings. The smallest absolute Gasteiger partial charge is 0.230 e. The van der Waals surface area contributed by atoms with Crippen LogP contribution in [0.5, 0.6) is 5.75 Å². The highest BCUT2D eigenvalue weighted by molar-refractivity contribution is 5.79. The van der Waals surface area contributed by atoms with E-state index in [1.54, 1.807) is 12.4 Å². The molecule has 3 aromatic rings. The lowest BCUT2D eigenvalue weighted by Gasteiger charge is -2.31. The number of benzene rings is 1. The molecule has 9 nitrogen and oxygen atoms in total. The Morgan fingerprint density at radius 2 is 2.15 bits per heavy atom. The van der Waals surface area contributed by atoms with Crippen LogP contribution in [0.15, 0.2) is 24.7 Å². The normalized spacial score (nSPS) is 20.5. The molecule has 1 amide bonds. The minimum Gasteiger partial charge on any atom is -0.493 e. The van der Waals surface area contributed by atoms with Crippen molar-refractivity contribution in [2.24, 2.45) is 5.92 Å². The number of aromatic nitrogens is 4. The van der Waals surface area contributed by atoms with Gasteiger partial charge in [-0.1, -0.05) is 0 Å². The van der Waals surface area contributed by atoms with Gasteiger partial charge in [-0.15, -0.1) is 10.2 Å². The van der Waals surface area contributed by atoms with Crippen molar-refractivity contribution in [2.75, 3.05) is 38.2 Å². The first kappa shape index (κ1) is 21.3. The number of halogens is 1. The van der Waals surface area contributed by atoms with Crippen molar-refractivity contribution in [2.45, 2.75) is 38.1 Å². The van der Waals surface area contributed by atoms with E-state index in [9.17, 15) is 9.18 Å². The van der Waals surface area contributed by atoms with Gasteiger partial charge in [0.25, 0.3) is 0 Å². The number of anilines is 1. The maximum atomic E-state index is 14.5. The monoisotopic (exact) mass is 466 g/mol. The van der Waals surface area contributed by atoms with Crippen molar-refractivity contribution >= 4 is 17.5 Å². The van der Waals surface area contributed by atoms with Gasteiger partial charge in [0, 0.05) is 48.9 Å². The summed E-state index contributed by atoms with van der Waals surface area (Å²) in [5.74, 6) is 1.54. The molecule has 178 valence electrons. The van der Waals surface area contributed by atoms with E-state index in [1.807, 2.05) is 15.5 Å². The summed E-state index contributed by atoms with van der Waals surface area (Å²) in [5.41, 5.74) is 3.30. The highest BCUT2D eigenvalue weighted by Crippen LogP contribution is 2.33. The fourth-order valence-electron chi connectivity index (χ4n) is 5.19. The Hall–Kier alpha value is -3.27. The van der Waals surface area contributed by atoms with Gasteiger partial charge < -0.3 is 19.7 Å². The van der Waals surface area contributed by atoms with E-state index >= 15 is 0 Å². The molecule has 1 atom stereocenters. The lowest BCUT2D eigenvalue weighted by Crippen LogP contribution is -2.45. The summed E-state index contributed by atoms with van der Waals surface area (Å²) in [6.45, 7) is 3.45. The van der Waals surface area contributed by atoms with E-state index in [-0.39, 0.29) is 23.6 Å². The molecular formula is C24H27FN6O3. The second kappa shape index (κ2) is 8.83. The van der Waals surface area contributed by atoms with E-state index in [0.29, 0.717) is 44.3 Å². The minimum atomic E-state index is -0.251. The lowest BCUT2D eigenvalue weighted by atomic mass is 9.94. The Balaban J connectivity index is 1.20. The van der Waals surface area contributed by atoms with Crippen LogP contribution in [0.2, 0.25) is 0 Å². The molecule has 34 heavy (non-hydrogen) atoms. The second-order valence-electron chi connectivity index (χ2n) is 9.20. The number of carbonyl (C=O) groups is 1. The third-order valence-corrected chi connectivity index (χ3v) is 7.19. The van der Waals surface area contributed by atoms with Crippen molar-refractivity contribution in [3.05, 3.63) is 47.2 Å². The Kier molecular flexibility index (Phi) is 5.52. The van der Waals surface area contributed by atoms with Gasteiger partial charge in [0.05, 0.1) is 25.7 Å². The van der Waals surface area contributed by atoms with Gasteiger partial charge in [-0.2, -0.15) is 0 Å². The van der Waals surface area contributed by atoms with Gasteiger partial charge in [0.15, 0.2) is 5.65 Å². The molecule has 6 rings (SSSR count). The molecule has 2 fully saturated rings. The summed E-state index contributed by atoms with van der Waals surface area (Å²) in [7, 11) is 0. The number of nitrogens with zero attached hydrogens (tertiary/aromatic N) is 5. The summed E-state index contributed by atoms with van der Waals surface area (Å²) >= 11 is 0. The number of nitrogens with one attached hydrogen (secondary N) is 1. The third kappa shape index (κ3) is 3.75. The second-order valence-corrected chi connectivity index (χ2v) is 9.20. The fraction of sp³-hybridized carbons (Fsp3) is 0.500. The van der Waals surface area contributed by atoms with Crippen molar-refractivity contribution < 1.29 is 18.7 Å². The molecule has 0 spiro atoms. The average Bonchev–Trinajstić information content (AvgIpc) is 3.42. The van der Waals surface area contributed by atoms with E-state index < -0.39 is 0 Å². The zero-order chi connectivity index (χ0) is 23.1. The predicted molar refractivity (Wildman–Crippen MR) is 121 cm³/mol. The average molecular weight is 467 g/mol. The van der Waals surface area contributed by atoms with Crippen molar-refractivity contribution in [1.82, 2.24) is 24.5 Å². The fourth-order valence-corrected chi connectivity index (χ4v) is 5.19. The van der Waals surface area contributed by atoms with Crippen molar-refractivity contribution in [3.63, 3.8) is 0 Å². The van der Waals surface area contributed by atoms with E-state index in [2.05, 4.69) is 20.5 Å². The van der Waals surface area contributed by atoms with Gasteiger partial charge in [-0.25, -0.2) is 9.37 Å². The van der Waals surface area contributed by atoms with Crippen LogP contribution in [-0.4, -0.2) is 63.3 Å². The molecule has 1 aromatic carbocycles. The van der Waals surface area contributed by atoms with Gasteiger partial charge in [0.1, 0.15) is 17.9 Å². The number of carbonyl (C=O) groups excluding carboxylic acids is 1. The molecule has 5 heterocycles. The maximum absolute atomic E-state index is 14.5. The van der Waals surface area contributed by atoms with Crippen LogP contribution in [0.4, 0.5) is 10.3 Å². The Bertz CT molecular complexity index is 1230. The number of ether oxygens (including phenoxy) is 2. The minimum absolute atomic E-state index is 0.0222. The Morgan fingerprint density at radius 1 is 1.24 bits per heavy atom. The van der Waals surface area contributed by atoms with Crippen LogP contribution in [0.1, 0.15) is 41.9 Å².